The second-order valence-corrected chi connectivity index (χ2v) is 11.1. The van der Waals surface area contributed by atoms with Crippen LogP contribution in [0, 0.1) is 0 Å². The maximum atomic E-state index is 12.5. The highest BCUT2D eigenvalue weighted by Gasteiger charge is 2.46. The van der Waals surface area contributed by atoms with E-state index in [-0.39, 0.29) is 28.8 Å². The molecule has 0 saturated carbocycles. The molecule has 2 aromatic carbocycles. The Morgan fingerprint density at radius 2 is 1.08 bits per heavy atom. The molecule has 2 saturated heterocycles. The van der Waals surface area contributed by atoms with Crippen LogP contribution in [0.5, 0.6) is 23.0 Å². The van der Waals surface area contributed by atoms with Crippen molar-refractivity contribution in [2.24, 2.45) is 0 Å². The van der Waals surface area contributed by atoms with Gasteiger partial charge in [-0.05, 0) is 47.5 Å². The van der Waals surface area contributed by atoms with Crippen LogP contribution in [0.25, 0.3) is 12.2 Å². The standard InChI is InChI=1S/C33H40O16/c1-44-22-11-16(5-9-20(22)46-32-30(42)28(40)26(38)24(14-34)48-32)3-7-18(36)13-19(37)8-4-17-6-10-21(23(12-17)45-2)47-33-31(43)29(41)27(39)25(15-35)49-33/h3-13,24-36,38-43H,14-15H2,1-2H3/b7-3+,8-4+,18-13-/t24-,25+,26-,27+,28+,29-,30-,31+,32-,33+/m0/s1. The number of methoxy groups -OCH3 is 2. The Bertz CT molecular complexity index is 1500. The van der Waals surface area contributed by atoms with Gasteiger partial charge in [0.15, 0.2) is 28.8 Å². The van der Waals surface area contributed by atoms with Crippen molar-refractivity contribution < 1.29 is 79.2 Å². The first-order valence-corrected chi connectivity index (χ1v) is 15.0. The summed E-state index contributed by atoms with van der Waals surface area (Å²) in [5.74, 6) is -0.299. The molecule has 0 unspecified atom stereocenters. The second kappa shape index (κ2) is 17.0. The Morgan fingerprint density at radius 3 is 1.49 bits per heavy atom. The van der Waals surface area contributed by atoms with Gasteiger partial charge in [-0.2, -0.15) is 0 Å². The molecule has 4 rings (SSSR count). The monoisotopic (exact) mass is 692 g/mol. The van der Waals surface area contributed by atoms with E-state index in [0.29, 0.717) is 11.1 Å². The minimum atomic E-state index is -1.62. The van der Waals surface area contributed by atoms with E-state index >= 15 is 0 Å². The maximum absolute atomic E-state index is 12.5. The van der Waals surface area contributed by atoms with Crippen molar-refractivity contribution in [3.8, 4) is 23.0 Å². The highest BCUT2D eigenvalue weighted by Crippen LogP contribution is 2.34. The van der Waals surface area contributed by atoms with E-state index in [2.05, 4.69) is 0 Å². The molecule has 2 aromatic rings. The number of ketones is 1. The lowest BCUT2D eigenvalue weighted by Crippen LogP contribution is -2.60. The second-order valence-electron chi connectivity index (χ2n) is 11.1. The molecular formula is C33H40O16. The number of allylic oxidation sites excluding steroid dienone is 3. The third-order valence-corrected chi connectivity index (χ3v) is 7.74. The van der Waals surface area contributed by atoms with Crippen LogP contribution in [-0.4, -0.2) is 141 Å². The van der Waals surface area contributed by atoms with Gasteiger partial charge in [-0.1, -0.05) is 24.3 Å². The first kappa shape index (κ1) is 37.7. The van der Waals surface area contributed by atoms with E-state index in [1.165, 1.54) is 62.8 Å². The molecule has 2 heterocycles. The van der Waals surface area contributed by atoms with Gasteiger partial charge < -0.3 is 74.4 Å². The van der Waals surface area contributed by atoms with Gasteiger partial charge in [-0.25, -0.2) is 0 Å². The van der Waals surface area contributed by atoms with Crippen molar-refractivity contribution in [3.63, 3.8) is 0 Å². The zero-order valence-electron chi connectivity index (χ0n) is 26.4. The molecule has 0 amide bonds. The normalized spacial score (nSPS) is 30.8. The number of rotatable bonds is 13. The smallest absolute Gasteiger partial charge is 0.229 e. The first-order chi connectivity index (χ1) is 23.4. The highest BCUT2D eigenvalue weighted by molar-refractivity contribution is 6.02. The molecule has 2 aliphatic heterocycles. The Labute approximate surface area is 280 Å². The molecule has 0 radical (unpaired) electrons. The third kappa shape index (κ3) is 9.14. The minimum absolute atomic E-state index is 0.114. The molecule has 0 aromatic heterocycles. The van der Waals surface area contributed by atoms with E-state index in [0.717, 1.165) is 6.08 Å². The fourth-order valence-electron chi connectivity index (χ4n) is 4.95. The van der Waals surface area contributed by atoms with Gasteiger partial charge in [0.2, 0.25) is 12.6 Å². The van der Waals surface area contributed by atoms with Crippen LogP contribution in [0.15, 0.2) is 60.4 Å². The lowest BCUT2D eigenvalue weighted by molar-refractivity contribution is -0.277. The van der Waals surface area contributed by atoms with Crippen molar-refractivity contribution in [3.05, 3.63) is 71.5 Å². The largest absolute Gasteiger partial charge is 0.508 e. The first-order valence-electron chi connectivity index (χ1n) is 15.0. The quantitative estimate of drug-likeness (QED) is 0.0679. The topological polar surface area (TPSA) is 255 Å². The maximum Gasteiger partial charge on any atom is 0.229 e. The van der Waals surface area contributed by atoms with Crippen LogP contribution in [-0.2, 0) is 14.3 Å². The van der Waals surface area contributed by atoms with Crippen LogP contribution in [0.1, 0.15) is 11.1 Å². The van der Waals surface area contributed by atoms with E-state index in [9.17, 15) is 50.8 Å². The van der Waals surface area contributed by atoms with E-state index in [1.54, 1.807) is 12.1 Å². The summed E-state index contributed by atoms with van der Waals surface area (Å²) in [6.07, 6.45) is -8.30. The molecule has 49 heavy (non-hydrogen) atoms. The molecule has 0 bridgehead atoms. The Morgan fingerprint density at radius 1 is 0.653 bits per heavy atom. The van der Waals surface area contributed by atoms with Crippen LogP contribution in [0.2, 0.25) is 0 Å². The predicted octanol–water partition coefficient (Wildman–Crippen LogP) is -1.20. The Hall–Kier alpha value is -4.07. The van der Waals surface area contributed by atoms with Crippen molar-refractivity contribution in [2.75, 3.05) is 27.4 Å². The van der Waals surface area contributed by atoms with Gasteiger partial charge in [0.05, 0.1) is 27.4 Å². The average Bonchev–Trinajstić information content (AvgIpc) is 3.10. The van der Waals surface area contributed by atoms with Crippen molar-refractivity contribution in [2.45, 2.75) is 61.4 Å². The molecule has 9 N–H and O–H groups in total. The number of hydrogen-bond acceptors (Lipinski definition) is 16. The van der Waals surface area contributed by atoms with Crippen molar-refractivity contribution >= 4 is 17.9 Å². The summed E-state index contributed by atoms with van der Waals surface area (Å²) in [6, 6.07) is 9.13. The fourth-order valence-corrected chi connectivity index (χ4v) is 4.95. The zero-order chi connectivity index (χ0) is 35.8. The number of benzene rings is 2. The molecule has 10 atom stereocenters. The molecule has 16 nitrogen and oxygen atoms in total. The SMILES string of the molecule is COc1cc(/C=C/C(O)=C/C(=O)/C=C/c2ccc(O[C@@H]3O[C@H](CO)[C@@H](O)[C@H](O)[C@H]3O)c(OC)c2)ccc1O[C@H]1O[C@@H](CO)[C@H](O)[C@@H](O)[C@@H]1O. The molecule has 268 valence electrons. The van der Waals surface area contributed by atoms with Gasteiger partial charge in [0.25, 0.3) is 0 Å². The third-order valence-electron chi connectivity index (χ3n) is 7.74. The van der Waals surface area contributed by atoms with Gasteiger partial charge in [0, 0.05) is 6.08 Å². The Balaban J connectivity index is 1.37. The van der Waals surface area contributed by atoms with E-state index in [4.69, 9.17) is 28.4 Å². The summed E-state index contributed by atoms with van der Waals surface area (Å²) in [6.45, 7) is -1.23. The summed E-state index contributed by atoms with van der Waals surface area (Å²) in [4.78, 5) is 12.5. The van der Waals surface area contributed by atoms with Gasteiger partial charge in [-0.15, -0.1) is 0 Å². The number of aliphatic hydroxyl groups excluding tert-OH is 9. The Kier molecular flexibility index (Phi) is 13.1. The van der Waals surface area contributed by atoms with Gasteiger partial charge in [-0.3, -0.25) is 4.79 Å². The summed E-state index contributed by atoms with van der Waals surface area (Å²) in [5, 5.41) is 89.5. The predicted molar refractivity (Wildman–Crippen MR) is 169 cm³/mol. The highest BCUT2D eigenvalue weighted by atomic mass is 16.7. The lowest BCUT2D eigenvalue weighted by atomic mass is 9.99. The van der Waals surface area contributed by atoms with Gasteiger partial charge >= 0.3 is 0 Å². The summed E-state index contributed by atoms with van der Waals surface area (Å²) in [7, 11) is 2.72. The number of carbonyl (C=O) groups is 1. The van der Waals surface area contributed by atoms with Gasteiger partial charge in [0.1, 0.15) is 54.6 Å². The van der Waals surface area contributed by atoms with Crippen LogP contribution >= 0.6 is 0 Å². The fraction of sp³-hybridized carbons (Fsp3) is 0.424. The molecule has 2 aliphatic rings. The number of carbonyl (C=O) groups excluding carboxylic acids is 1. The molecular weight excluding hydrogens is 652 g/mol. The zero-order valence-corrected chi connectivity index (χ0v) is 26.4. The average molecular weight is 693 g/mol. The lowest BCUT2D eigenvalue weighted by Gasteiger charge is -2.39. The van der Waals surface area contributed by atoms with Crippen molar-refractivity contribution in [1.29, 1.82) is 0 Å². The van der Waals surface area contributed by atoms with Crippen LogP contribution in [0.4, 0.5) is 0 Å². The number of hydrogen-bond donors (Lipinski definition) is 9. The minimum Gasteiger partial charge on any atom is -0.508 e. The molecule has 16 heteroatoms. The summed E-state index contributed by atoms with van der Waals surface area (Å²) < 4.78 is 32.7. The molecule has 0 aliphatic carbocycles. The van der Waals surface area contributed by atoms with Crippen LogP contribution in [0.3, 0.4) is 0 Å². The van der Waals surface area contributed by atoms with E-state index in [1.807, 2.05) is 0 Å². The number of aliphatic hydroxyl groups is 9. The van der Waals surface area contributed by atoms with Crippen molar-refractivity contribution in [1.82, 2.24) is 0 Å². The summed E-state index contributed by atoms with van der Waals surface area (Å²) in [5.41, 5.74) is 1.03. The van der Waals surface area contributed by atoms with Crippen LogP contribution < -0.4 is 18.9 Å². The summed E-state index contributed by atoms with van der Waals surface area (Å²) >= 11 is 0. The number of ether oxygens (including phenoxy) is 6. The molecule has 2 fully saturated rings. The molecule has 0 spiro atoms. The van der Waals surface area contributed by atoms with E-state index < -0.39 is 80.4 Å².